The molecule has 0 aromatic carbocycles. The Morgan fingerprint density at radius 1 is 0.508 bits per heavy atom. The van der Waals surface area contributed by atoms with Crippen molar-refractivity contribution in [3.05, 3.63) is 97.2 Å². The third-order valence-electron chi connectivity index (χ3n) is 11.2. The highest BCUT2D eigenvalue weighted by Gasteiger charge is 2.23. The molecule has 3 N–H and O–H groups in total. The number of carbonyl (C=O) groups excluding carboxylic acids is 2. The Morgan fingerprint density at radius 2 is 0.952 bits per heavy atom. The van der Waals surface area contributed by atoms with E-state index in [4.69, 9.17) is 4.74 Å². The van der Waals surface area contributed by atoms with E-state index in [-0.39, 0.29) is 24.9 Å². The number of hydrogen-bond donors (Lipinski definition) is 3. The first kappa shape index (κ1) is 59.8. The van der Waals surface area contributed by atoms with Gasteiger partial charge in [-0.25, -0.2) is 0 Å². The monoisotopic (exact) mass is 876 g/mol. The summed E-state index contributed by atoms with van der Waals surface area (Å²) < 4.78 is 5.86. The van der Waals surface area contributed by atoms with Crippen LogP contribution in [0.5, 0.6) is 0 Å². The van der Waals surface area contributed by atoms with Gasteiger partial charge in [0.05, 0.1) is 25.2 Å². The molecule has 0 saturated heterocycles. The standard InChI is InChI=1S/C57H97NO5/c1-4-7-10-13-16-19-22-25-28-30-33-36-39-42-45-48-53(63-57(62)50-47-44-41-38-35-32-29-26-23-20-17-14-11-8-5-2)51-56(61)58-54(52-59)55(60)49-46-43-40-37-34-31-27-24-21-18-15-12-9-6-3/h8,11,14,16-17,19-20,23,25-26,28-29,33,36,42,45,53-55,59-60H,4-7,9-10,12-13,15,18,21-22,24,27,30-32,34-35,37-41,43-44,46-52H2,1-3H3,(H,58,61)/b11-8+,17-14+,19-16-,23-20+,28-25-,29-26-,36-33-,45-42-. The van der Waals surface area contributed by atoms with Crippen LogP contribution in [0.25, 0.3) is 0 Å². The average Bonchev–Trinajstić information content (AvgIpc) is 3.28. The zero-order valence-electron chi connectivity index (χ0n) is 40.9. The normalized spacial score (nSPS) is 14.0. The van der Waals surface area contributed by atoms with Crippen molar-refractivity contribution in [1.29, 1.82) is 0 Å². The second kappa shape index (κ2) is 49.8. The fraction of sp³-hybridized carbons (Fsp3) is 0.684. The molecule has 1 amide bonds. The molecule has 0 saturated carbocycles. The molecule has 63 heavy (non-hydrogen) atoms. The number of aliphatic hydroxyl groups is 2. The van der Waals surface area contributed by atoms with Gasteiger partial charge < -0.3 is 20.3 Å². The van der Waals surface area contributed by atoms with E-state index in [0.717, 1.165) is 83.5 Å². The number of aliphatic hydroxyl groups excluding tert-OH is 2. The van der Waals surface area contributed by atoms with Gasteiger partial charge in [-0.2, -0.15) is 0 Å². The number of hydrogen-bond acceptors (Lipinski definition) is 5. The van der Waals surface area contributed by atoms with Crippen LogP contribution in [0, 0.1) is 0 Å². The zero-order valence-corrected chi connectivity index (χ0v) is 40.9. The summed E-state index contributed by atoms with van der Waals surface area (Å²) in [6.45, 7) is 6.28. The first-order chi connectivity index (χ1) is 31.0. The Hall–Kier alpha value is -3.22. The maximum atomic E-state index is 13.2. The summed E-state index contributed by atoms with van der Waals surface area (Å²) in [5.74, 6) is -0.609. The van der Waals surface area contributed by atoms with Crippen LogP contribution in [-0.2, 0) is 14.3 Å². The molecule has 0 aliphatic heterocycles. The molecule has 0 fully saturated rings. The molecule has 0 aromatic heterocycles. The van der Waals surface area contributed by atoms with Crippen LogP contribution in [-0.4, -0.2) is 46.9 Å². The smallest absolute Gasteiger partial charge is 0.306 e. The van der Waals surface area contributed by atoms with E-state index in [2.05, 4.69) is 92.9 Å². The fourth-order valence-electron chi connectivity index (χ4n) is 7.30. The van der Waals surface area contributed by atoms with E-state index >= 15 is 0 Å². The van der Waals surface area contributed by atoms with E-state index in [1.165, 1.54) is 96.3 Å². The van der Waals surface area contributed by atoms with Crippen LogP contribution in [0.3, 0.4) is 0 Å². The maximum Gasteiger partial charge on any atom is 0.306 e. The van der Waals surface area contributed by atoms with Crippen LogP contribution >= 0.6 is 0 Å². The molecular weight excluding hydrogens is 779 g/mol. The van der Waals surface area contributed by atoms with Crippen LogP contribution in [0.2, 0.25) is 0 Å². The number of amides is 1. The lowest BCUT2D eigenvalue weighted by Gasteiger charge is -2.24. The lowest BCUT2D eigenvalue weighted by molar-refractivity contribution is -0.150. The van der Waals surface area contributed by atoms with Crippen molar-refractivity contribution in [1.82, 2.24) is 5.32 Å². The second-order valence-electron chi connectivity index (χ2n) is 17.3. The number of carbonyl (C=O) groups is 2. The summed E-state index contributed by atoms with van der Waals surface area (Å²) in [6.07, 6.45) is 66.2. The van der Waals surface area contributed by atoms with Crippen LogP contribution in [0.15, 0.2) is 97.2 Å². The number of ether oxygens (including phenoxy) is 1. The van der Waals surface area contributed by atoms with Gasteiger partial charge >= 0.3 is 5.97 Å². The maximum absolute atomic E-state index is 13.2. The van der Waals surface area contributed by atoms with E-state index in [1.54, 1.807) is 0 Å². The van der Waals surface area contributed by atoms with E-state index < -0.39 is 18.2 Å². The predicted molar refractivity (Wildman–Crippen MR) is 273 cm³/mol. The topological polar surface area (TPSA) is 95.9 Å². The van der Waals surface area contributed by atoms with Gasteiger partial charge in [-0.15, -0.1) is 0 Å². The van der Waals surface area contributed by atoms with Gasteiger partial charge in [-0.05, 0) is 64.2 Å². The van der Waals surface area contributed by atoms with Crippen molar-refractivity contribution in [2.75, 3.05) is 6.61 Å². The van der Waals surface area contributed by atoms with Crippen molar-refractivity contribution in [2.45, 2.75) is 244 Å². The Labute approximate surface area is 388 Å². The van der Waals surface area contributed by atoms with Gasteiger partial charge in [-0.3, -0.25) is 9.59 Å². The first-order valence-electron chi connectivity index (χ1n) is 26.0. The van der Waals surface area contributed by atoms with Gasteiger partial charge in [0.15, 0.2) is 0 Å². The third kappa shape index (κ3) is 45.2. The third-order valence-corrected chi connectivity index (χ3v) is 11.2. The SMILES string of the molecule is CC/C=C/C=C/C=C/C=C\CCCCCCCC(=O)OC(C/C=C\C/C=C\C/C=C\C/C=C\CCCCC)CC(=O)NC(CO)C(O)CCCCCCCCCCCCCCCC. The lowest BCUT2D eigenvalue weighted by atomic mass is 10.0. The Morgan fingerprint density at radius 3 is 1.52 bits per heavy atom. The molecular formula is C57H97NO5. The van der Waals surface area contributed by atoms with Crippen molar-refractivity contribution >= 4 is 11.9 Å². The summed E-state index contributed by atoms with van der Waals surface area (Å²) in [6, 6.07) is -0.741. The molecule has 0 aliphatic carbocycles. The van der Waals surface area contributed by atoms with E-state index in [0.29, 0.717) is 19.3 Å². The molecule has 360 valence electrons. The molecule has 0 rings (SSSR count). The average molecular weight is 876 g/mol. The van der Waals surface area contributed by atoms with E-state index in [9.17, 15) is 19.8 Å². The molecule has 3 atom stereocenters. The Bertz CT molecular complexity index is 1260. The van der Waals surface area contributed by atoms with Gasteiger partial charge in [0, 0.05) is 12.8 Å². The van der Waals surface area contributed by atoms with Crippen molar-refractivity contribution in [3.63, 3.8) is 0 Å². The highest BCUT2D eigenvalue weighted by Crippen LogP contribution is 2.16. The summed E-state index contributed by atoms with van der Waals surface area (Å²) in [7, 11) is 0. The summed E-state index contributed by atoms with van der Waals surface area (Å²) in [4.78, 5) is 26.1. The van der Waals surface area contributed by atoms with Crippen LogP contribution in [0.4, 0.5) is 0 Å². The predicted octanol–water partition coefficient (Wildman–Crippen LogP) is 15.7. The minimum absolute atomic E-state index is 0.0132. The molecule has 0 heterocycles. The summed E-state index contributed by atoms with van der Waals surface area (Å²) >= 11 is 0. The van der Waals surface area contributed by atoms with Crippen molar-refractivity contribution in [3.8, 4) is 0 Å². The number of nitrogens with one attached hydrogen (secondary N) is 1. The van der Waals surface area contributed by atoms with Gasteiger partial charge in [0.2, 0.25) is 5.91 Å². The quantitative estimate of drug-likeness (QED) is 0.0245. The Balaban J connectivity index is 4.76. The minimum Gasteiger partial charge on any atom is -0.461 e. The largest absolute Gasteiger partial charge is 0.461 e. The van der Waals surface area contributed by atoms with Crippen molar-refractivity contribution < 1.29 is 24.5 Å². The van der Waals surface area contributed by atoms with Gasteiger partial charge in [0.1, 0.15) is 6.10 Å². The lowest BCUT2D eigenvalue weighted by Crippen LogP contribution is -2.46. The highest BCUT2D eigenvalue weighted by molar-refractivity contribution is 5.77. The molecule has 6 heteroatoms. The first-order valence-corrected chi connectivity index (χ1v) is 26.0. The molecule has 0 bridgehead atoms. The molecule has 6 nitrogen and oxygen atoms in total. The van der Waals surface area contributed by atoms with Gasteiger partial charge in [0.25, 0.3) is 0 Å². The molecule has 0 aliphatic rings. The van der Waals surface area contributed by atoms with Gasteiger partial charge in [-0.1, -0.05) is 240 Å². The Kier molecular flexibility index (Phi) is 47.2. The number of rotatable bonds is 45. The zero-order chi connectivity index (χ0) is 45.9. The molecule has 0 aromatic rings. The molecule has 3 unspecified atom stereocenters. The number of unbranched alkanes of at least 4 members (excludes halogenated alkanes) is 21. The van der Waals surface area contributed by atoms with Crippen LogP contribution in [0.1, 0.15) is 226 Å². The molecule has 0 radical (unpaired) electrons. The van der Waals surface area contributed by atoms with Crippen LogP contribution < -0.4 is 5.32 Å². The highest BCUT2D eigenvalue weighted by atomic mass is 16.5. The second-order valence-corrected chi connectivity index (χ2v) is 17.3. The fourth-order valence-corrected chi connectivity index (χ4v) is 7.30. The van der Waals surface area contributed by atoms with E-state index in [1.807, 2.05) is 30.4 Å². The number of allylic oxidation sites excluding steroid dienone is 15. The summed E-state index contributed by atoms with van der Waals surface area (Å²) in [5, 5.41) is 23.7. The summed E-state index contributed by atoms with van der Waals surface area (Å²) in [5.41, 5.74) is 0. The van der Waals surface area contributed by atoms with Crippen molar-refractivity contribution in [2.24, 2.45) is 0 Å². The minimum atomic E-state index is -0.820. The molecule has 0 spiro atoms. The number of esters is 1.